The maximum atomic E-state index is 12.9. The van der Waals surface area contributed by atoms with Gasteiger partial charge in [0.25, 0.3) is 0 Å². The number of rotatable bonds is 10. The number of hydrogen-bond acceptors (Lipinski definition) is 3. The number of Topliss-reactive ketones (excluding diaryl/α,β-unsaturated/α-hetero) is 1. The highest BCUT2D eigenvalue weighted by molar-refractivity contribution is 6.30. The monoisotopic (exact) mass is 398 g/mol. The van der Waals surface area contributed by atoms with Crippen molar-refractivity contribution >= 4 is 23.3 Å². The third-order valence-corrected chi connectivity index (χ3v) is 4.92. The van der Waals surface area contributed by atoms with Gasteiger partial charge in [-0.05, 0) is 29.7 Å². The number of ketones is 1. The molecule has 2 aromatic carbocycles. The number of nitrogens with two attached hydrogens (primary N) is 1. The molecule has 28 heavy (non-hydrogen) atoms. The lowest BCUT2D eigenvalue weighted by Crippen LogP contribution is -2.38. The number of likely N-dealkylation sites (N-methyl/N-ethyl adjacent to an activating group) is 1. The van der Waals surface area contributed by atoms with Gasteiger partial charge < -0.3 is 10.6 Å². The minimum Gasteiger partial charge on any atom is -0.344 e. The molecule has 0 saturated heterocycles. The Bertz CT molecular complexity index is 790. The number of carbonyl (C=O) groups is 2. The molecule has 148 valence electrons. The lowest BCUT2D eigenvalue weighted by molar-refractivity contribution is -0.136. The summed E-state index contributed by atoms with van der Waals surface area (Å²) in [6.45, 7) is 4.12. The Morgan fingerprint density at radius 3 is 2.39 bits per heavy atom. The van der Waals surface area contributed by atoms with Crippen LogP contribution in [0.4, 0.5) is 0 Å². The number of carbonyl (C=O) groups excluding carboxylic acids is 2. The summed E-state index contributed by atoms with van der Waals surface area (Å²) in [7, 11) is 1.73. The van der Waals surface area contributed by atoms with Crippen LogP contribution in [0.3, 0.4) is 0 Å². The van der Waals surface area contributed by atoms with Crippen molar-refractivity contribution in [2.75, 3.05) is 13.6 Å². The second-order valence-electron chi connectivity index (χ2n) is 7.00. The van der Waals surface area contributed by atoms with Gasteiger partial charge in [-0.25, -0.2) is 0 Å². The SMILES string of the molecule is C=CC[C@@H](CC(=O)Cc1ccc(Cl)cc1)C(=O)N(C)C[C@H](N)c1ccccc1. The van der Waals surface area contributed by atoms with E-state index in [9.17, 15) is 9.59 Å². The maximum Gasteiger partial charge on any atom is 0.226 e. The van der Waals surface area contributed by atoms with Crippen LogP contribution in [0.15, 0.2) is 67.3 Å². The molecule has 2 atom stereocenters. The summed E-state index contributed by atoms with van der Waals surface area (Å²) in [6, 6.07) is 16.6. The van der Waals surface area contributed by atoms with Gasteiger partial charge in [-0.15, -0.1) is 6.58 Å². The van der Waals surface area contributed by atoms with E-state index in [0.29, 0.717) is 18.0 Å². The molecule has 0 aliphatic heterocycles. The minimum atomic E-state index is -0.426. The van der Waals surface area contributed by atoms with Crippen LogP contribution in [-0.2, 0) is 16.0 Å². The Morgan fingerprint density at radius 2 is 1.79 bits per heavy atom. The number of amides is 1. The molecular formula is C23H27ClN2O2. The van der Waals surface area contributed by atoms with E-state index in [4.69, 9.17) is 17.3 Å². The van der Waals surface area contributed by atoms with E-state index >= 15 is 0 Å². The normalized spacial score (nSPS) is 12.8. The van der Waals surface area contributed by atoms with Crippen LogP contribution in [0.1, 0.15) is 30.0 Å². The Hall–Kier alpha value is -2.43. The summed E-state index contributed by atoms with van der Waals surface area (Å²) in [5.74, 6) is -0.496. The summed E-state index contributed by atoms with van der Waals surface area (Å²) in [4.78, 5) is 27.0. The molecule has 4 nitrogen and oxygen atoms in total. The zero-order valence-electron chi connectivity index (χ0n) is 16.2. The van der Waals surface area contributed by atoms with E-state index in [-0.39, 0.29) is 30.6 Å². The molecule has 0 heterocycles. The Labute approximate surface area is 172 Å². The fourth-order valence-corrected chi connectivity index (χ4v) is 3.28. The lowest BCUT2D eigenvalue weighted by atomic mass is 9.94. The van der Waals surface area contributed by atoms with Crippen molar-refractivity contribution in [1.82, 2.24) is 4.90 Å². The van der Waals surface area contributed by atoms with Gasteiger partial charge in [-0.3, -0.25) is 9.59 Å². The average Bonchev–Trinajstić information content (AvgIpc) is 2.69. The molecule has 0 aromatic heterocycles. The van der Waals surface area contributed by atoms with Crippen molar-refractivity contribution in [3.8, 4) is 0 Å². The van der Waals surface area contributed by atoms with Gasteiger partial charge >= 0.3 is 0 Å². The summed E-state index contributed by atoms with van der Waals surface area (Å²) in [6.07, 6.45) is 2.60. The van der Waals surface area contributed by atoms with Gasteiger partial charge in [0.1, 0.15) is 5.78 Å². The molecule has 0 spiro atoms. The molecule has 0 unspecified atom stereocenters. The third kappa shape index (κ3) is 6.63. The summed E-state index contributed by atoms with van der Waals surface area (Å²) < 4.78 is 0. The Balaban J connectivity index is 1.96. The number of nitrogens with zero attached hydrogens (tertiary/aromatic N) is 1. The first kappa shape index (κ1) is 21.9. The third-order valence-electron chi connectivity index (χ3n) is 4.66. The number of benzene rings is 2. The molecule has 2 aromatic rings. The van der Waals surface area contributed by atoms with Gasteiger partial charge in [0, 0.05) is 43.4 Å². The Morgan fingerprint density at radius 1 is 1.14 bits per heavy atom. The molecule has 0 radical (unpaired) electrons. The highest BCUT2D eigenvalue weighted by Gasteiger charge is 2.25. The average molecular weight is 399 g/mol. The number of allylic oxidation sites excluding steroid dienone is 1. The Kier molecular flexibility index (Phi) is 8.42. The van der Waals surface area contributed by atoms with Gasteiger partial charge in [-0.2, -0.15) is 0 Å². The molecule has 0 aliphatic carbocycles. The van der Waals surface area contributed by atoms with Gasteiger partial charge in [0.2, 0.25) is 5.91 Å². The topological polar surface area (TPSA) is 63.4 Å². The van der Waals surface area contributed by atoms with E-state index in [1.54, 1.807) is 30.2 Å². The second kappa shape index (κ2) is 10.8. The van der Waals surface area contributed by atoms with Crippen LogP contribution in [0, 0.1) is 5.92 Å². The number of halogens is 1. The van der Waals surface area contributed by atoms with Crippen molar-refractivity contribution in [2.24, 2.45) is 11.7 Å². The van der Waals surface area contributed by atoms with E-state index in [0.717, 1.165) is 11.1 Å². The van der Waals surface area contributed by atoms with E-state index in [1.807, 2.05) is 42.5 Å². The smallest absolute Gasteiger partial charge is 0.226 e. The van der Waals surface area contributed by atoms with Crippen molar-refractivity contribution in [3.63, 3.8) is 0 Å². The van der Waals surface area contributed by atoms with Crippen LogP contribution in [0.25, 0.3) is 0 Å². The molecule has 0 fully saturated rings. The fourth-order valence-electron chi connectivity index (χ4n) is 3.15. The minimum absolute atomic E-state index is 0.0169. The highest BCUT2D eigenvalue weighted by atomic mass is 35.5. The zero-order chi connectivity index (χ0) is 20.5. The molecule has 0 bridgehead atoms. The van der Waals surface area contributed by atoms with E-state index < -0.39 is 5.92 Å². The van der Waals surface area contributed by atoms with Crippen molar-refractivity contribution in [3.05, 3.63) is 83.4 Å². The first-order valence-corrected chi connectivity index (χ1v) is 9.71. The van der Waals surface area contributed by atoms with Crippen molar-refractivity contribution < 1.29 is 9.59 Å². The van der Waals surface area contributed by atoms with Crippen molar-refractivity contribution in [2.45, 2.75) is 25.3 Å². The largest absolute Gasteiger partial charge is 0.344 e. The molecule has 5 heteroatoms. The summed E-state index contributed by atoms with van der Waals surface area (Å²) in [5, 5.41) is 0.632. The first-order valence-electron chi connectivity index (χ1n) is 9.33. The standard InChI is InChI=1S/C23H27ClN2O2/c1-3-7-19(15-21(27)14-17-10-12-20(24)13-11-17)23(28)26(2)16-22(25)18-8-5-4-6-9-18/h3-6,8-13,19,22H,1,7,14-16,25H2,2H3/t19-,22-/m0/s1. The molecule has 0 aliphatic rings. The molecule has 2 rings (SSSR count). The van der Waals surface area contributed by atoms with Gasteiger partial charge in [0.05, 0.1) is 0 Å². The van der Waals surface area contributed by atoms with E-state index in [2.05, 4.69) is 6.58 Å². The van der Waals surface area contributed by atoms with Gasteiger partial charge in [-0.1, -0.05) is 60.1 Å². The molecule has 2 N–H and O–H groups in total. The number of hydrogen-bond donors (Lipinski definition) is 1. The molecule has 0 saturated carbocycles. The summed E-state index contributed by atoms with van der Waals surface area (Å²) in [5.41, 5.74) is 8.09. The van der Waals surface area contributed by atoms with Crippen LogP contribution in [0.5, 0.6) is 0 Å². The molecular weight excluding hydrogens is 372 g/mol. The zero-order valence-corrected chi connectivity index (χ0v) is 16.9. The maximum absolute atomic E-state index is 12.9. The van der Waals surface area contributed by atoms with Crippen LogP contribution < -0.4 is 5.73 Å². The van der Waals surface area contributed by atoms with Crippen molar-refractivity contribution in [1.29, 1.82) is 0 Å². The summed E-state index contributed by atoms with van der Waals surface area (Å²) >= 11 is 5.88. The van der Waals surface area contributed by atoms with Crippen LogP contribution in [0.2, 0.25) is 5.02 Å². The predicted octanol–water partition coefficient (Wildman–Crippen LogP) is 4.19. The molecule has 1 amide bonds. The lowest BCUT2D eigenvalue weighted by Gasteiger charge is -2.26. The second-order valence-corrected chi connectivity index (χ2v) is 7.44. The fraction of sp³-hybridized carbons (Fsp3) is 0.304. The first-order chi connectivity index (χ1) is 13.4. The van der Waals surface area contributed by atoms with E-state index in [1.165, 1.54) is 0 Å². The predicted molar refractivity (Wildman–Crippen MR) is 114 cm³/mol. The van der Waals surface area contributed by atoms with Crippen LogP contribution >= 0.6 is 11.6 Å². The quantitative estimate of drug-likeness (QED) is 0.610. The van der Waals surface area contributed by atoms with Crippen LogP contribution in [-0.4, -0.2) is 30.2 Å². The van der Waals surface area contributed by atoms with Gasteiger partial charge in [0.15, 0.2) is 0 Å². The highest BCUT2D eigenvalue weighted by Crippen LogP contribution is 2.18.